The predicted octanol–water partition coefficient (Wildman–Crippen LogP) is 5.00. The number of aliphatic hydroxyl groups is 1. The Kier molecular flexibility index (Phi) is 6.96. The number of carbonyl (C=O) groups excluding carboxylic acids is 2. The maximum Gasteiger partial charge on any atom is 0.231 e. The molecule has 0 atom stereocenters. The van der Waals surface area contributed by atoms with Gasteiger partial charge in [-0.15, -0.1) is 0 Å². The number of anilines is 2. The van der Waals surface area contributed by atoms with Gasteiger partial charge in [-0.25, -0.2) is 4.68 Å². The van der Waals surface area contributed by atoms with Crippen LogP contribution >= 0.6 is 11.6 Å². The molecule has 37 heavy (non-hydrogen) atoms. The number of benzene rings is 2. The first kappa shape index (κ1) is 25.3. The van der Waals surface area contributed by atoms with Crippen LogP contribution in [-0.4, -0.2) is 33.8 Å². The Morgan fingerprint density at radius 3 is 2.16 bits per heavy atom. The molecule has 3 aliphatic carbocycles. The Hall–Kier alpha value is -3.36. The van der Waals surface area contributed by atoms with Crippen LogP contribution in [0.25, 0.3) is 0 Å². The summed E-state index contributed by atoms with van der Waals surface area (Å²) in [5.41, 5.74) is 1.35. The van der Waals surface area contributed by atoms with Crippen LogP contribution < -0.4 is 15.4 Å². The van der Waals surface area contributed by atoms with E-state index in [4.69, 9.17) is 16.3 Å². The second-order valence-electron chi connectivity index (χ2n) is 10.2. The van der Waals surface area contributed by atoms with Gasteiger partial charge in [0.15, 0.2) is 0 Å². The van der Waals surface area contributed by atoms with E-state index in [1.165, 1.54) is 0 Å². The van der Waals surface area contributed by atoms with Crippen LogP contribution in [0.1, 0.15) is 49.7 Å². The average molecular weight is 523 g/mol. The molecule has 6 rings (SSSR count). The highest BCUT2D eigenvalue weighted by Gasteiger charge is 2.55. The number of carbonyl (C=O) groups is 2. The number of rotatable bonds is 8. The van der Waals surface area contributed by atoms with E-state index >= 15 is 0 Å². The first-order valence-corrected chi connectivity index (χ1v) is 12.9. The van der Waals surface area contributed by atoms with E-state index in [-0.39, 0.29) is 18.4 Å². The summed E-state index contributed by atoms with van der Waals surface area (Å²) < 4.78 is 7.01. The molecule has 3 aliphatic rings. The molecule has 1 heterocycles. The second kappa shape index (κ2) is 10.2. The van der Waals surface area contributed by atoms with Gasteiger partial charge in [-0.2, -0.15) is 5.10 Å². The fourth-order valence-electron chi connectivity index (χ4n) is 5.60. The molecule has 194 valence electrons. The molecular formula is C28H31ClN4O4. The molecule has 2 amide bonds. The van der Waals surface area contributed by atoms with E-state index in [0.717, 1.165) is 11.3 Å². The van der Waals surface area contributed by atoms with Crippen molar-refractivity contribution >= 4 is 34.9 Å². The van der Waals surface area contributed by atoms with E-state index in [1.54, 1.807) is 36.2 Å². The number of ether oxygens (including phenoxy) is 1. The van der Waals surface area contributed by atoms with Crippen molar-refractivity contribution in [3.63, 3.8) is 0 Å². The van der Waals surface area contributed by atoms with E-state index in [1.807, 2.05) is 30.3 Å². The number of methoxy groups -OCH3 is 1. The van der Waals surface area contributed by atoms with Crippen LogP contribution in [0.5, 0.6) is 5.75 Å². The zero-order valence-electron chi connectivity index (χ0n) is 20.8. The van der Waals surface area contributed by atoms with Crippen molar-refractivity contribution in [1.82, 2.24) is 9.78 Å². The maximum absolute atomic E-state index is 13.5. The smallest absolute Gasteiger partial charge is 0.231 e. The maximum atomic E-state index is 13.5. The highest BCUT2D eigenvalue weighted by atomic mass is 35.5. The quantitative estimate of drug-likeness (QED) is 0.386. The van der Waals surface area contributed by atoms with Gasteiger partial charge in [0.2, 0.25) is 11.8 Å². The van der Waals surface area contributed by atoms with Gasteiger partial charge in [0, 0.05) is 27.6 Å². The van der Waals surface area contributed by atoms with Gasteiger partial charge in [0.1, 0.15) is 11.6 Å². The molecule has 1 aromatic heterocycles. The van der Waals surface area contributed by atoms with Gasteiger partial charge in [0.05, 0.1) is 26.5 Å². The van der Waals surface area contributed by atoms with Gasteiger partial charge in [-0.05, 0) is 73.9 Å². The van der Waals surface area contributed by atoms with Gasteiger partial charge in [-0.1, -0.05) is 29.8 Å². The lowest BCUT2D eigenvalue weighted by Crippen LogP contribution is -2.52. The second-order valence-corrected chi connectivity index (χ2v) is 10.6. The van der Waals surface area contributed by atoms with Gasteiger partial charge in [0.25, 0.3) is 0 Å². The average Bonchev–Trinajstić information content (AvgIpc) is 3.36. The highest BCUT2D eigenvalue weighted by molar-refractivity contribution is 6.31. The van der Waals surface area contributed by atoms with Crippen LogP contribution in [0.4, 0.5) is 11.5 Å². The number of nitrogens with zero attached hydrogens (tertiary/aromatic N) is 2. The minimum absolute atomic E-state index is 0.00376. The van der Waals surface area contributed by atoms with Crippen molar-refractivity contribution < 1.29 is 19.4 Å². The zero-order chi connectivity index (χ0) is 26.0. The van der Waals surface area contributed by atoms with Crippen molar-refractivity contribution in [3.8, 4) is 5.75 Å². The van der Waals surface area contributed by atoms with E-state index in [2.05, 4.69) is 15.7 Å². The summed E-state index contributed by atoms with van der Waals surface area (Å²) in [6.07, 6.45) is 5.70. The number of hydrogen-bond donors (Lipinski definition) is 3. The summed E-state index contributed by atoms with van der Waals surface area (Å²) in [7, 11) is 1.63. The normalized spacial score (nSPS) is 22.5. The van der Waals surface area contributed by atoms with Gasteiger partial charge < -0.3 is 20.5 Å². The lowest BCUT2D eigenvalue weighted by molar-refractivity contribution is -0.144. The Morgan fingerprint density at radius 1 is 0.973 bits per heavy atom. The molecular weight excluding hydrogens is 492 g/mol. The van der Waals surface area contributed by atoms with E-state index in [9.17, 15) is 14.7 Å². The molecule has 8 nitrogen and oxygen atoms in total. The summed E-state index contributed by atoms with van der Waals surface area (Å²) in [5.74, 6) is 1.44. The molecule has 3 N–H and O–H groups in total. The summed E-state index contributed by atoms with van der Waals surface area (Å²) in [5, 5.41) is 20.3. The molecule has 0 aliphatic heterocycles. The summed E-state index contributed by atoms with van der Waals surface area (Å²) in [6.45, 7) is 0.385. The molecule has 2 bridgehead atoms. The zero-order valence-corrected chi connectivity index (χ0v) is 21.6. The van der Waals surface area contributed by atoms with Crippen molar-refractivity contribution in [1.29, 1.82) is 0 Å². The number of nitrogens with one attached hydrogen (secondary N) is 2. The number of halogens is 1. The lowest BCUT2D eigenvalue weighted by Gasteiger charge is -2.51. The van der Waals surface area contributed by atoms with Crippen LogP contribution in [0.2, 0.25) is 5.02 Å². The first-order valence-electron chi connectivity index (χ1n) is 12.5. The number of amides is 2. The van der Waals surface area contributed by atoms with Crippen LogP contribution in [0.3, 0.4) is 0 Å². The number of aromatic nitrogens is 2. The van der Waals surface area contributed by atoms with Crippen LogP contribution in [0.15, 0.2) is 54.7 Å². The third-order valence-corrected chi connectivity index (χ3v) is 8.49. The molecule has 0 unspecified atom stereocenters. The Bertz CT molecular complexity index is 1280. The topological polar surface area (TPSA) is 105 Å². The summed E-state index contributed by atoms with van der Waals surface area (Å²) >= 11 is 6.19. The lowest BCUT2D eigenvalue weighted by atomic mass is 9.53. The molecule has 3 saturated carbocycles. The summed E-state index contributed by atoms with van der Waals surface area (Å²) in [4.78, 5) is 26.8. The molecule has 3 fully saturated rings. The van der Waals surface area contributed by atoms with Crippen LogP contribution in [0, 0.1) is 10.8 Å². The first-order chi connectivity index (χ1) is 17.9. The molecule has 0 radical (unpaired) electrons. The molecule has 2 aromatic carbocycles. The summed E-state index contributed by atoms with van der Waals surface area (Å²) in [6, 6.07) is 14.7. The SMILES string of the molecule is COc1ccc(Cn2nccc2NC(=O)C23CCC(C(=O)Nc4ccc(CO)c(Cl)c4)(CC2)CC3)cc1. The largest absolute Gasteiger partial charge is 0.497 e. The monoisotopic (exact) mass is 522 g/mol. The van der Waals surface area contributed by atoms with E-state index < -0.39 is 10.8 Å². The number of aliphatic hydroxyl groups excluding tert-OH is 1. The Morgan fingerprint density at radius 2 is 1.59 bits per heavy atom. The van der Waals surface area contributed by atoms with Gasteiger partial charge >= 0.3 is 0 Å². The molecule has 0 spiro atoms. The minimum Gasteiger partial charge on any atom is -0.497 e. The molecule has 3 aromatic rings. The third kappa shape index (κ3) is 4.95. The predicted molar refractivity (Wildman–Crippen MR) is 142 cm³/mol. The van der Waals surface area contributed by atoms with Crippen molar-refractivity contribution in [3.05, 3.63) is 70.9 Å². The van der Waals surface area contributed by atoms with E-state index in [0.29, 0.717) is 67.2 Å². The fourth-order valence-corrected chi connectivity index (χ4v) is 5.84. The van der Waals surface area contributed by atoms with Gasteiger partial charge in [-0.3, -0.25) is 9.59 Å². The Balaban J connectivity index is 1.21. The molecule has 0 saturated heterocycles. The highest BCUT2D eigenvalue weighted by Crippen LogP contribution is 2.57. The number of hydrogen-bond acceptors (Lipinski definition) is 5. The van der Waals surface area contributed by atoms with Crippen LogP contribution in [-0.2, 0) is 22.7 Å². The standard InChI is InChI=1S/C28H31ClN4O4/c1-37-22-6-2-19(3-7-22)17-33-24(8-15-30-33)32-26(36)28-12-9-27(10-13-28,11-14-28)25(35)31-21-5-4-20(18-34)23(29)16-21/h2-8,15-16,34H,9-14,17-18H2,1H3,(H,31,35)(H,32,36). The van der Waals surface area contributed by atoms with Crippen molar-refractivity contribution in [2.75, 3.05) is 17.7 Å². The number of fused-ring (bicyclic) bond motifs is 3. The Labute approximate surface area is 221 Å². The fraction of sp³-hybridized carbons (Fsp3) is 0.393. The molecule has 9 heteroatoms. The minimum atomic E-state index is -0.472. The van der Waals surface area contributed by atoms with Crippen molar-refractivity contribution in [2.45, 2.75) is 51.7 Å². The van der Waals surface area contributed by atoms with Crippen molar-refractivity contribution in [2.24, 2.45) is 10.8 Å². The third-order valence-electron chi connectivity index (χ3n) is 8.14.